The Labute approximate surface area is 128 Å². The van der Waals surface area contributed by atoms with Crippen LogP contribution in [0.5, 0.6) is 5.75 Å². The highest BCUT2D eigenvalue weighted by Crippen LogP contribution is 2.16. The molecule has 0 saturated carbocycles. The Kier molecular flexibility index (Phi) is 5.14. The summed E-state index contributed by atoms with van der Waals surface area (Å²) in [6.45, 7) is 2.38. The summed E-state index contributed by atoms with van der Waals surface area (Å²) in [6, 6.07) is 14.2. The fraction of sp³-hybridized carbons (Fsp3) is 0.176. The van der Waals surface area contributed by atoms with Gasteiger partial charge in [0.1, 0.15) is 12.4 Å². The topological polar surface area (TPSA) is 75.6 Å². The minimum atomic E-state index is -1.08. The maximum atomic E-state index is 12.3. The average Bonchev–Trinajstić information content (AvgIpc) is 2.51. The van der Waals surface area contributed by atoms with Crippen molar-refractivity contribution in [3.8, 4) is 5.75 Å². The molecule has 22 heavy (non-hydrogen) atoms. The molecule has 2 aromatic carbocycles. The summed E-state index contributed by atoms with van der Waals surface area (Å²) in [6.07, 6.45) is -1.08. The summed E-state index contributed by atoms with van der Waals surface area (Å²) in [4.78, 5) is 22.6. The van der Waals surface area contributed by atoms with E-state index in [2.05, 4.69) is 5.32 Å². The monoisotopic (exact) mass is 299 g/mol. The number of benzene rings is 2. The number of ether oxygens (including phenoxy) is 1. The van der Waals surface area contributed by atoms with E-state index in [1.54, 1.807) is 30.3 Å². The number of hydrogen-bond acceptors (Lipinski definition) is 3. The third-order valence-corrected chi connectivity index (χ3v) is 3.04. The van der Waals surface area contributed by atoms with Crippen molar-refractivity contribution in [3.05, 3.63) is 65.2 Å². The van der Waals surface area contributed by atoms with E-state index < -0.39 is 6.09 Å². The lowest BCUT2D eigenvalue weighted by atomic mass is 10.0. The highest BCUT2D eigenvalue weighted by atomic mass is 16.5. The molecule has 0 atom stereocenters. The van der Waals surface area contributed by atoms with Gasteiger partial charge in [-0.1, -0.05) is 23.8 Å². The van der Waals surface area contributed by atoms with Crippen LogP contribution in [0.25, 0.3) is 0 Å². The molecular weight excluding hydrogens is 282 g/mol. The van der Waals surface area contributed by atoms with Gasteiger partial charge >= 0.3 is 6.09 Å². The molecule has 2 N–H and O–H groups in total. The van der Waals surface area contributed by atoms with Crippen molar-refractivity contribution in [1.29, 1.82) is 0 Å². The van der Waals surface area contributed by atoms with E-state index in [4.69, 9.17) is 9.84 Å². The van der Waals surface area contributed by atoms with Crippen LogP contribution in [0.1, 0.15) is 21.5 Å². The Hall–Kier alpha value is -2.82. The standard InChI is InChI=1S/C17H17NO4/c1-12-3-2-4-14(11-12)16(19)13-5-7-15(8-6-13)22-10-9-18-17(20)21/h2-8,11,18H,9-10H2,1H3,(H,20,21). The maximum Gasteiger partial charge on any atom is 0.404 e. The predicted octanol–water partition coefficient (Wildman–Crippen LogP) is 2.87. The van der Waals surface area contributed by atoms with Crippen molar-refractivity contribution in [3.63, 3.8) is 0 Å². The normalized spacial score (nSPS) is 10.0. The van der Waals surface area contributed by atoms with E-state index in [-0.39, 0.29) is 18.9 Å². The van der Waals surface area contributed by atoms with Gasteiger partial charge in [0.25, 0.3) is 0 Å². The molecule has 0 heterocycles. The number of nitrogens with one attached hydrogen (secondary N) is 1. The van der Waals surface area contributed by atoms with Crippen molar-refractivity contribution in [1.82, 2.24) is 5.32 Å². The third-order valence-electron chi connectivity index (χ3n) is 3.04. The molecule has 0 aliphatic rings. The van der Waals surface area contributed by atoms with Gasteiger partial charge < -0.3 is 15.2 Å². The second kappa shape index (κ2) is 7.26. The van der Waals surface area contributed by atoms with E-state index >= 15 is 0 Å². The molecule has 0 aromatic heterocycles. The van der Waals surface area contributed by atoms with Gasteiger partial charge in [0.2, 0.25) is 0 Å². The molecular formula is C17H17NO4. The second-order valence-electron chi connectivity index (χ2n) is 4.80. The number of carbonyl (C=O) groups excluding carboxylic acids is 1. The van der Waals surface area contributed by atoms with Crippen LogP contribution >= 0.6 is 0 Å². The zero-order chi connectivity index (χ0) is 15.9. The van der Waals surface area contributed by atoms with Crippen LogP contribution in [0.4, 0.5) is 4.79 Å². The number of rotatable bonds is 6. The van der Waals surface area contributed by atoms with Crippen LogP contribution in [-0.2, 0) is 0 Å². The number of ketones is 1. The minimum absolute atomic E-state index is 0.0391. The van der Waals surface area contributed by atoms with Gasteiger partial charge in [-0.15, -0.1) is 0 Å². The first kappa shape index (κ1) is 15.6. The van der Waals surface area contributed by atoms with Gasteiger partial charge in [-0.05, 0) is 37.3 Å². The van der Waals surface area contributed by atoms with Crippen molar-refractivity contribution in [2.75, 3.05) is 13.2 Å². The van der Waals surface area contributed by atoms with Crippen molar-refractivity contribution < 1.29 is 19.4 Å². The number of carboxylic acid groups (broad SMARTS) is 1. The Balaban J connectivity index is 1.96. The summed E-state index contributed by atoms with van der Waals surface area (Å²) < 4.78 is 5.38. The maximum absolute atomic E-state index is 12.3. The fourth-order valence-electron chi connectivity index (χ4n) is 1.98. The number of carbonyl (C=O) groups is 2. The molecule has 0 bridgehead atoms. The van der Waals surface area contributed by atoms with E-state index in [0.29, 0.717) is 16.9 Å². The first-order chi connectivity index (χ1) is 10.6. The van der Waals surface area contributed by atoms with Gasteiger partial charge in [0.05, 0.1) is 6.54 Å². The molecule has 0 fully saturated rings. The van der Waals surface area contributed by atoms with E-state index in [1.165, 1.54) is 0 Å². The predicted molar refractivity (Wildman–Crippen MR) is 82.6 cm³/mol. The van der Waals surface area contributed by atoms with Crippen molar-refractivity contribution in [2.45, 2.75) is 6.92 Å². The molecule has 2 rings (SSSR count). The van der Waals surface area contributed by atoms with E-state index in [1.807, 2.05) is 25.1 Å². The van der Waals surface area contributed by atoms with Crippen LogP contribution in [0.3, 0.4) is 0 Å². The molecule has 5 heteroatoms. The Morgan fingerprint density at radius 2 is 1.82 bits per heavy atom. The van der Waals surface area contributed by atoms with E-state index in [9.17, 15) is 9.59 Å². The highest BCUT2D eigenvalue weighted by Gasteiger charge is 2.09. The zero-order valence-corrected chi connectivity index (χ0v) is 12.2. The largest absolute Gasteiger partial charge is 0.492 e. The summed E-state index contributed by atoms with van der Waals surface area (Å²) in [5, 5.41) is 10.6. The van der Waals surface area contributed by atoms with Gasteiger partial charge in [-0.25, -0.2) is 4.79 Å². The number of aryl methyl sites for hydroxylation is 1. The van der Waals surface area contributed by atoms with Gasteiger partial charge in [-0.3, -0.25) is 4.79 Å². The molecule has 0 saturated heterocycles. The van der Waals surface area contributed by atoms with Crippen LogP contribution in [0.2, 0.25) is 0 Å². The molecule has 0 spiro atoms. The molecule has 2 aromatic rings. The first-order valence-electron chi connectivity index (χ1n) is 6.87. The molecule has 0 aliphatic heterocycles. The van der Waals surface area contributed by atoms with Crippen LogP contribution in [0.15, 0.2) is 48.5 Å². The summed E-state index contributed by atoms with van der Waals surface area (Å²) in [7, 11) is 0. The highest BCUT2D eigenvalue weighted by molar-refractivity contribution is 6.09. The van der Waals surface area contributed by atoms with Gasteiger partial charge in [0.15, 0.2) is 5.78 Å². The summed E-state index contributed by atoms with van der Waals surface area (Å²) in [5.74, 6) is 0.552. The van der Waals surface area contributed by atoms with E-state index in [0.717, 1.165) is 5.56 Å². The first-order valence-corrected chi connectivity index (χ1v) is 6.87. The Morgan fingerprint density at radius 3 is 2.45 bits per heavy atom. The lowest BCUT2D eigenvalue weighted by Crippen LogP contribution is -2.26. The second-order valence-corrected chi connectivity index (χ2v) is 4.80. The van der Waals surface area contributed by atoms with Crippen LogP contribution in [0, 0.1) is 6.92 Å². The average molecular weight is 299 g/mol. The van der Waals surface area contributed by atoms with Crippen LogP contribution < -0.4 is 10.1 Å². The minimum Gasteiger partial charge on any atom is -0.492 e. The SMILES string of the molecule is Cc1cccc(C(=O)c2ccc(OCCNC(=O)O)cc2)c1. The zero-order valence-electron chi connectivity index (χ0n) is 12.2. The molecule has 0 aliphatic carbocycles. The quantitative estimate of drug-likeness (QED) is 0.635. The molecule has 1 amide bonds. The Morgan fingerprint density at radius 1 is 1.09 bits per heavy atom. The summed E-state index contributed by atoms with van der Waals surface area (Å²) in [5.41, 5.74) is 2.28. The lowest BCUT2D eigenvalue weighted by molar-refractivity contribution is 0.103. The lowest BCUT2D eigenvalue weighted by Gasteiger charge is -2.07. The molecule has 114 valence electrons. The molecule has 5 nitrogen and oxygen atoms in total. The molecule has 0 unspecified atom stereocenters. The fourth-order valence-corrected chi connectivity index (χ4v) is 1.98. The third kappa shape index (κ3) is 4.34. The van der Waals surface area contributed by atoms with Gasteiger partial charge in [-0.2, -0.15) is 0 Å². The van der Waals surface area contributed by atoms with Crippen molar-refractivity contribution in [2.24, 2.45) is 0 Å². The van der Waals surface area contributed by atoms with Crippen LogP contribution in [-0.4, -0.2) is 30.1 Å². The summed E-state index contributed by atoms with van der Waals surface area (Å²) >= 11 is 0. The Bertz CT molecular complexity index is 665. The molecule has 0 radical (unpaired) electrons. The van der Waals surface area contributed by atoms with Crippen molar-refractivity contribution >= 4 is 11.9 Å². The number of amides is 1. The van der Waals surface area contributed by atoms with Gasteiger partial charge in [0, 0.05) is 11.1 Å². The smallest absolute Gasteiger partial charge is 0.404 e. The number of hydrogen-bond donors (Lipinski definition) is 2.